The van der Waals surface area contributed by atoms with Gasteiger partial charge in [0.25, 0.3) is 0 Å². The van der Waals surface area contributed by atoms with Crippen LogP contribution in [-0.2, 0) is 9.59 Å². The van der Waals surface area contributed by atoms with Crippen molar-refractivity contribution in [1.82, 2.24) is 5.32 Å². The molecule has 0 aromatic heterocycles. The third-order valence-electron chi connectivity index (χ3n) is 3.58. The van der Waals surface area contributed by atoms with Crippen molar-refractivity contribution in [1.29, 1.82) is 0 Å². The molecule has 108 valence electrons. The average molecular weight is 281 g/mol. The van der Waals surface area contributed by atoms with E-state index >= 15 is 0 Å². The summed E-state index contributed by atoms with van der Waals surface area (Å²) in [6.07, 6.45) is 0.604. The lowest BCUT2D eigenvalue weighted by atomic mass is 10.1. The zero-order chi connectivity index (χ0) is 14.9. The van der Waals surface area contributed by atoms with Crippen LogP contribution in [0.2, 0.25) is 0 Å². The smallest absolute Gasteiger partial charge is 0.224 e. The third kappa shape index (κ3) is 3.21. The molecule has 0 heterocycles. The van der Waals surface area contributed by atoms with E-state index < -0.39 is 11.6 Å². The number of Topliss-reactive ketones (excluding diaryl/α,β-unsaturated/α-hetero) is 1. The summed E-state index contributed by atoms with van der Waals surface area (Å²) in [5.74, 6) is -2.46. The zero-order valence-electron chi connectivity index (χ0n) is 11.5. The first-order valence-corrected chi connectivity index (χ1v) is 6.65. The third-order valence-corrected chi connectivity index (χ3v) is 3.58. The van der Waals surface area contributed by atoms with Crippen LogP contribution in [0.1, 0.15) is 31.7 Å². The molecule has 0 unspecified atom stereocenters. The average Bonchev–Trinajstić information content (AvgIpc) is 3.19. The SMILES string of the molecule is CC(C)C(=O)CNC(=O)[C@H]1C[C@H]1c1ccc(F)c(F)c1. The minimum atomic E-state index is -0.899. The predicted octanol–water partition coefficient (Wildman–Crippen LogP) is 2.41. The van der Waals surface area contributed by atoms with Crippen molar-refractivity contribution < 1.29 is 18.4 Å². The number of carbonyl (C=O) groups is 2. The van der Waals surface area contributed by atoms with Crippen LogP contribution in [-0.4, -0.2) is 18.2 Å². The maximum absolute atomic E-state index is 13.1. The van der Waals surface area contributed by atoms with E-state index in [4.69, 9.17) is 0 Å². The van der Waals surface area contributed by atoms with Crippen LogP contribution in [0, 0.1) is 23.5 Å². The Morgan fingerprint density at radius 3 is 2.60 bits per heavy atom. The summed E-state index contributed by atoms with van der Waals surface area (Å²) in [5, 5.41) is 2.60. The molecule has 0 spiro atoms. The van der Waals surface area contributed by atoms with Crippen molar-refractivity contribution in [2.75, 3.05) is 6.54 Å². The van der Waals surface area contributed by atoms with Gasteiger partial charge in [0.2, 0.25) is 5.91 Å². The first-order valence-electron chi connectivity index (χ1n) is 6.65. The van der Waals surface area contributed by atoms with Gasteiger partial charge < -0.3 is 5.32 Å². The summed E-state index contributed by atoms with van der Waals surface area (Å²) < 4.78 is 25.9. The van der Waals surface area contributed by atoms with Gasteiger partial charge in [-0.15, -0.1) is 0 Å². The Balaban J connectivity index is 1.89. The molecule has 1 aliphatic rings. The molecule has 1 aromatic rings. The Morgan fingerprint density at radius 2 is 2.00 bits per heavy atom. The maximum atomic E-state index is 13.1. The van der Waals surface area contributed by atoms with Crippen molar-refractivity contribution in [3.8, 4) is 0 Å². The van der Waals surface area contributed by atoms with E-state index in [1.54, 1.807) is 13.8 Å². The van der Waals surface area contributed by atoms with E-state index in [0.717, 1.165) is 12.1 Å². The van der Waals surface area contributed by atoms with Gasteiger partial charge in [-0.05, 0) is 30.0 Å². The standard InChI is InChI=1S/C15H17F2NO2/c1-8(2)14(19)7-18-15(20)11-6-10(11)9-3-4-12(16)13(17)5-9/h3-5,8,10-11H,6-7H2,1-2H3,(H,18,20)/t10-,11-/m0/s1. The summed E-state index contributed by atoms with van der Waals surface area (Å²) in [6.45, 7) is 3.57. The summed E-state index contributed by atoms with van der Waals surface area (Å²) in [7, 11) is 0. The molecule has 0 aliphatic heterocycles. The van der Waals surface area contributed by atoms with Gasteiger partial charge in [-0.2, -0.15) is 0 Å². The van der Waals surface area contributed by atoms with Crippen molar-refractivity contribution in [2.45, 2.75) is 26.2 Å². The number of ketones is 1. The molecule has 2 atom stereocenters. The van der Waals surface area contributed by atoms with E-state index in [-0.39, 0.29) is 36.0 Å². The van der Waals surface area contributed by atoms with Crippen molar-refractivity contribution in [3.05, 3.63) is 35.4 Å². The zero-order valence-corrected chi connectivity index (χ0v) is 11.5. The fourth-order valence-corrected chi connectivity index (χ4v) is 2.11. The van der Waals surface area contributed by atoms with E-state index in [1.807, 2.05) is 0 Å². The predicted molar refractivity (Wildman–Crippen MR) is 70.1 cm³/mol. The second kappa shape index (κ2) is 5.69. The van der Waals surface area contributed by atoms with Crippen LogP contribution >= 0.6 is 0 Å². The van der Waals surface area contributed by atoms with Gasteiger partial charge in [0, 0.05) is 11.8 Å². The van der Waals surface area contributed by atoms with Crippen molar-refractivity contribution in [2.24, 2.45) is 11.8 Å². The number of amides is 1. The highest BCUT2D eigenvalue weighted by molar-refractivity contribution is 5.89. The second-order valence-electron chi connectivity index (χ2n) is 5.46. The molecule has 1 N–H and O–H groups in total. The fraction of sp³-hybridized carbons (Fsp3) is 0.467. The summed E-state index contributed by atoms with van der Waals surface area (Å²) in [5.41, 5.74) is 0.624. The molecule has 1 aromatic carbocycles. The minimum Gasteiger partial charge on any atom is -0.349 e. The Morgan fingerprint density at radius 1 is 1.30 bits per heavy atom. The van der Waals surface area contributed by atoms with Gasteiger partial charge in [0.15, 0.2) is 17.4 Å². The van der Waals surface area contributed by atoms with Crippen LogP contribution in [0.5, 0.6) is 0 Å². The van der Waals surface area contributed by atoms with Gasteiger partial charge in [0.1, 0.15) is 0 Å². The lowest BCUT2D eigenvalue weighted by Gasteiger charge is -2.06. The lowest BCUT2D eigenvalue weighted by Crippen LogP contribution is -2.32. The first kappa shape index (κ1) is 14.6. The van der Waals surface area contributed by atoms with Crippen LogP contribution in [0.3, 0.4) is 0 Å². The fourth-order valence-electron chi connectivity index (χ4n) is 2.11. The summed E-state index contributed by atoms with van der Waals surface area (Å²) in [6, 6.07) is 3.70. The molecule has 0 radical (unpaired) electrons. The summed E-state index contributed by atoms with van der Waals surface area (Å²) in [4.78, 5) is 23.3. The Bertz CT molecular complexity index is 543. The largest absolute Gasteiger partial charge is 0.349 e. The molecule has 1 fully saturated rings. The quantitative estimate of drug-likeness (QED) is 0.901. The molecule has 1 saturated carbocycles. The molecule has 0 saturated heterocycles. The van der Waals surface area contributed by atoms with E-state index in [9.17, 15) is 18.4 Å². The van der Waals surface area contributed by atoms with E-state index in [1.165, 1.54) is 6.07 Å². The number of benzene rings is 1. The minimum absolute atomic E-state index is 0.0247. The number of nitrogens with one attached hydrogen (secondary N) is 1. The number of halogens is 2. The number of hydrogen-bond acceptors (Lipinski definition) is 2. The summed E-state index contributed by atoms with van der Waals surface area (Å²) >= 11 is 0. The normalized spacial score (nSPS) is 20.9. The molecular weight excluding hydrogens is 264 g/mol. The number of hydrogen-bond donors (Lipinski definition) is 1. The van der Waals surface area contributed by atoms with Gasteiger partial charge in [-0.25, -0.2) is 8.78 Å². The number of rotatable bonds is 5. The molecular formula is C15H17F2NO2. The van der Waals surface area contributed by atoms with Crippen LogP contribution in [0.25, 0.3) is 0 Å². The molecule has 20 heavy (non-hydrogen) atoms. The number of carbonyl (C=O) groups excluding carboxylic acids is 2. The van der Waals surface area contributed by atoms with Crippen molar-refractivity contribution >= 4 is 11.7 Å². The second-order valence-corrected chi connectivity index (χ2v) is 5.46. The molecule has 2 rings (SSSR count). The van der Waals surface area contributed by atoms with Crippen LogP contribution in [0.15, 0.2) is 18.2 Å². The highest BCUT2D eigenvalue weighted by Gasteiger charge is 2.44. The Labute approximate surface area is 116 Å². The van der Waals surface area contributed by atoms with E-state index in [2.05, 4.69) is 5.32 Å². The van der Waals surface area contributed by atoms with E-state index in [0.29, 0.717) is 12.0 Å². The topological polar surface area (TPSA) is 46.2 Å². The highest BCUT2D eigenvalue weighted by atomic mass is 19.2. The van der Waals surface area contributed by atoms with Gasteiger partial charge in [0.05, 0.1) is 6.54 Å². The molecule has 1 aliphatic carbocycles. The van der Waals surface area contributed by atoms with Crippen molar-refractivity contribution in [3.63, 3.8) is 0 Å². The van der Waals surface area contributed by atoms with Gasteiger partial charge in [-0.3, -0.25) is 9.59 Å². The molecule has 1 amide bonds. The lowest BCUT2D eigenvalue weighted by molar-refractivity contribution is -0.127. The van der Waals surface area contributed by atoms with Crippen LogP contribution < -0.4 is 5.32 Å². The highest BCUT2D eigenvalue weighted by Crippen LogP contribution is 2.47. The Hall–Kier alpha value is -1.78. The van der Waals surface area contributed by atoms with Gasteiger partial charge in [-0.1, -0.05) is 19.9 Å². The molecule has 5 heteroatoms. The monoisotopic (exact) mass is 281 g/mol. The Kier molecular flexibility index (Phi) is 4.16. The molecule has 0 bridgehead atoms. The van der Waals surface area contributed by atoms with Crippen LogP contribution in [0.4, 0.5) is 8.78 Å². The first-order chi connectivity index (χ1) is 9.40. The molecule has 3 nitrogen and oxygen atoms in total. The maximum Gasteiger partial charge on any atom is 0.224 e. The van der Waals surface area contributed by atoms with Gasteiger partial charge >= 0.3 is 0 Å².